The van der Waals surface area contributed by atoms with Crippen LogP contribution in [0.25, 0.3) is 0 Å². The molecule has 0 amide bonds. The zero-order valence-corrected chi connectivity index (χ0v) is 10.9. The van der Waals surface area contributed by atoms with Crippen molar-refractivity contribution < 1.29 is 0 Å². The number of rotatable bonds is 7. The molecule has 1 aromatic carbocycles. The van der Waals surface area contributed by atoms with Crippen molar-refractivity contribution in [1.82, 2.24) is 5.32 Å². The Kier molecular flexibility index (Phi) is 6.43. The maximum absolute atomic E-state index is 5.47. The predicted octanol–water partition coefficient (Wildman–Crippen LogP) is 3.57. The van der Waals surface area contributed by atoms with Crippen LogP contribution in [0.15, 0.2) is 30.3 Å². The summed E-state index contributed by atoms with van der Waals surface area (Å²) in [6, 6.07) is 10.9. The van der Waals surface area contributed by atoms with E-state index in [1.54, 1.807) is 0 Å². The van der Waals surface area contributed by atoms with Crippen molar-refractivity contribution in [3.63, 3.8) is 0 Å². The number of hydrogen-bond acceptors (Lipinski definition) is 1. The molecule has 1 rings (SSSR count). The molecule has 0 saturated carbocycles. The lowest BCUT2D eigenvalue weighted by Crippen LogP contribution is -2.28. The molecule has 1 N–H and O–H groups in total. The summed E-state index contributed by atoms with van der Waals surface area (Å²) in [5, 5.41) is 3.43. The molecule has 17 heavy (non-hydrogen) atoms. The van der Waals surface area contributed by atoms with Gasteiger partial charge in [0.15, 0.2) is 0 Å². The first-order valence-electron chi connectivity index (χ1n) is 6.52. The fourth-order valence-electron chi connectivity index (χ4n) is 1.96. The lowest BCUT2D eigenvalue weighted by Gasteiger charge is -2.15. The van der Waals surface area contributed by atoms with Crippen LogP contribution in [0.1, 0.15) is 44.6 Å². The molecule has 0 radical (unpaired) electrons. The predicted molar refractivity (Wildman–Crippen MR) is 75.0 cm³/mol. The van der Waals surface area contributed by atoms with Gasteiger partial charge >= 0.3 is 0 Å². The molecule has 1 aromatic rings. The topological polar surface area (TPSA) is 12.0 Å². The molecule has 0 spiro atoms. The maximum atomic E-state index is 5.47. The molecule has 0 aromatic heterocycles. The summed E-state index contributed by atoms with van der Waals surface area (Å²) < 4.78 is 0. The van der Waals surface area contributed by atoms with E-state index in [4.69, 9.17) is 6.42 Å². The van der Waals surface area contributed by atoms with Crippen LogP contribution in [-0.4, -0.2) is 12.6 Å². The highest BCUT2D eigenvalue weighted by Crippen LogP contribution is 2.17. The zero-order chi connectivity index (χ0) is 12.5. The monoisotopic (exact) mass is 229 g/mol. The summed E-state index contributed by atoms with van der Waals surface area (Å²) in [6.45, 7) is 5.42. The summed E-state index contributed by atoms with van der Waals surface area (Å²) in [5.41, 5.74) is 1.40. The van der Waals surface area contributed by atoms with Gasteiger partial charge in [-0.1, -0.05) is 56.5 Å². The van der Waals surface area contributed by atoms with Gasteiger partial charge in [0.1, 0.15) is 0 Å². The van der Waals surface area contributed by atoms with Crippen molar-refractivity contribution in [2.24, 2.45) is 0 Å². The van der Waals surface area contributed by atoms with E-state index in [2.05, 4.69) is 55.4 Å². The summed E-state index contributed by atoms with van der Waals surface area (Å²) in [6.07, 6.45) is 8.81. The SMILES string of the molecule is C#CC(CCC)NCCC(C)c1ccccc1. The quantitative estimate of drug-likeness (QED) is 0.705. The Balaban J connectivity index is 2.29. The fraction of sp³-hybridized carbons (Fsp3) is 0.500. The number of benzene rings is 1. The van der Waals surface area contributed by atoms with Crippen molar-refractivity contribution >= 4 is 0 Å². The van der Waals surface area contributed by atoms with Crippen LogP contribution in [-0.2, 0) is 0 Å². The second-order valence-corrected chi connectivity index (χ2v) is 4.56. The van der Waals surface area contributed by atoms with Gasteiger partial charge in [-0.25, -0.2) is 0 Å². The highest BCUT2D eigenvalue weighted by atomic mass is 14.9. The molecule has 1 heteroatoms. The van der Waals surface area contributed by atoms with Crippen molar-refractivity contribution in [2.45, 2.75) is 45.1 Å². The van der Waals surface area contributed by atoms with Gasteiger partial charge in [-0.2, -0.15) is 0 Å². The van der Waals surface area contributed by atoms with Crippen LogP contribution in [0, 0.1) is 12.3 Å². The van der Waals surface area contributed by atoms with Crippen LogP contribution in [0.3, 0.4) is 0 Å². The second kappa shape index (κ2) is 7.92. The Bertz CT molecular complexity index is 336. The molecule has 0 saturated heterocycles. The highest BCUT2D eigenvalue weighted by molar-refractivity contribution is 5.18. The third-order valence-corrected chi connectivity index (χ3v) is 3.12. The van der Waals surface area contributed by atoms with Crippen LogP contribution in [0.2, 0.25) is 0 Å². The van der Waals surface area contributed by atoms with Gasteiger partial charge in [-0.05, 0) is 30.9 Å². The lowest BCUT2D eigenvalue weighted by molar-refractivity contribution is 0.528. The number of nitrogens with one attached hydrogen (secondary N) is 1. The van der Waals surface area contributed by atoms with Crippen LogP contribution in [0.4, 0.5) is 0 Å². The van der Waals surface area contributed by atoms with E-state index in [1.165, 1.54) is 5.56 Å². The first kappa shape index (κ1) is 13.8. The van der Waals surface area contributed by atoms with Crippen LogP contribution >= 0.6 is 0 Å². The summed E-state index contributed by atoms with van der Waals surface area (Å²) in [7, 11) is 0. The van der Waals surface area contributed by atoms with E-state index in [0.717, 1.165) is 25.8 Å². The zero-order valence-electron chi connectivity index (χ0n) is 10.9. The molecule has 0 aliphatic rings. The van der Waals surface area contributed by atoms with E-state index in [-0.39, 0.29) is 6.04 Å². The molecule has 0 bridgehead atoms. The van der Waals surface area contributed by atoms with Gasteiger partial charge < -0.3 is 5.32 Å². The minimum absolute atomic E-state index is 0.239. The first-order valence-corrected chi connectivity index (χ1v) is 6.52. The van der Waals surface area contributed by atoms with Crippen molar-refractivity contribution in [1.29, 1.82) is 0 Å². The molecule has 1 nitrogen and oxygen atoms in total. The normalized spacial score (nSPS) is 13.9. The van der Waals surface area contributed by atoms with E-state index in [9.17, 15) is 0 Å². The van der Waals surface area contributed by atoms with Gasteiger partial charge in [0.05, 0.1) is 6.04 Å². The Morgan fingerprint density at radius 1 is 1.24 bits per heavy atom. The van der Waals surface area contributed by atoms with E-state index in [0.29, 0.717) is 5.92 Å². The number of hydrogen-bond donors (Lipinski definition) is 1. The van der Waals surface area contributed by atoms with Crippen molar-refractivity contribution in [3.05, 3.63) is 35.9 Å². The molecule has 0 fully saturated rings. The smallest absolute Gasteiger partial charge is 0.0686 e. The molecule has 0 heterocycles. The van der Waals surface area contributed by atoms with E-state index >= 15 is 0 Å². The third kappa shape index (κ3) is 5.06. The summed E-state index contributed by atoms with van der Waals surface area (Å²) >= 11 is 0. The summed E-state index contributed by atoms with van der Waals surface area (Å²) in [5.74, 6) is 3.39. The Labute approximate surface area is 106 Å². The highest BCUT2D eigenvalue weighted by Gasteiger charge is 2.06. The molecule has 2 atom stereocenters. The second-order valence-electron chi connectivity index (χ2n) is 4.56. The minimum atomic E-state index is 0.239. The largest absolute Gasteiger partial charge is 0.304 e. The Morgan fingerprint density at radius 2 is 1.94 bits per heavy atom. The standard InChI is InChI=1S/C16H23N/c1-4-9-16(5-2)17-13-12-14(3)15-10-7-6-8-11-15/h2,6-8,10-11,14,16-17H,4,9,12-13H2,1,3H3. The van der Waals surface area contributed by atoms with Gasteiger partial charge in [0.25, 0.3) is 0 Å². The van der Waals surface area contributed by atoms with Crippen LogP contribution in [0.5, 0.6) is 0 Å². The molecular weight excluding hydrogens is 206 g/mol. The van der Waals surface area contributed by atoms with E-state index in [1.807, 2.05) is 0 Å². The van der Waals surface area contributed by atoms with Gasteiger partial charge in [0.2, 0.25) is 0 Å². The Hall–Kier alpha value is -1.26. The molecule has 92 valence electrons. The molecule has 2 unspecified atom stereocenters. The Morgan fingerprint density at radius 3 is 2.53 bits per heavy atom. The average Bonchev–Trinajstić information content (AvgIpc) is 2.38. The molecular formula is C16H23N. The first-order chi connectivity index (χ1) is 8.27. The fourth-order valence-corrected chi connectivity index (χ4v) is 1.96. The average molecular weight is 229 g/mol. The maximum Gasteiger partial charge on any atom is 0.0686 e. The van der Waals surface area contributed by atoms with Gasteiger partial charge in [0, 0.05) is 0 Å². The van der Waals surface area contributed by atoms with Gasteiger partial charge in [-0.3, -0.25) is 0 Å². The molecule has 0 aliphatic heterocycles. The van der Waals surface area contributed by atoms with Crippen molar-refractivity contribution in [3.8, 4) is 12.3 Å². The number of terminal acetylenes is 1. The van der Waals surface area contributed by atoms with Crippen LogP contribution < -0.4 is 5.32 Å². The lowest BCUT2D eigenvalue weighted by atomic mass is 9.98. The van der Waals surface area contributed by atoms with Crippen molar-refractivity contribution in [2.75, 3.05) is 6.54 Å². The third-order valence-electron chi connectivity index (χ3n) is 3.12. The molecule has 0 aliphatic carbocycles. The van der Waals surface area contributed by atoms with E-state index < -0.39 is 0 Å². The summed E-state index contributed by atoms with van der Waals surface area (Å²) in [4.78, 5) is 0. The van der Waals surface area contributed by atoms with Gasteiger partial charge in [-0.15, -0.1) is 6.42 Å². The minimum Gasteiger partial charge on any atom is -0.304 e.